The lowest BCUT2D eigenvalue weighted by Gasteiger charge is -2.12. The third-order valence-corrected chi connectivity index (χ3v) is 4.22. The molecule has 0 spiro atoms. The zero-order valence-electron chi connectivity index (χ0n) is 14.0. The molecule has 0 aliphatic carbocycles. The van der Waals surface area contributed by atoms with E-state index in [0.29, 0.717) is 6.61 Å². The summed E-state index contributed by atoms with van der Waals surface area (Å²) in [7, 11) is 1.66. The molecule has 0 heterocycles. The topological polar surface area (TPSA) is 30.8 Å². The van der Waals surface area contributed by atoms with Gasteiger partial charge in [-0.1, -0.05) is 19.1 Å². The normalized spacial score (nSPS) is 11.0. The first kappa shape index (κ1) is 17.8. The van der Waals surface area contributed by atoms with Gasteiger partial charge in [0.25, 0.3) is 0 Å². The van der Waals surface area contributed by atoms with Crippen LogP contribution in [-0.2, 0) is 0 Å². The fraction of sp³-hybridized carbons (Fsp3) is 0.316. The molecule has 23 heavy (non-hydrogen) atoms. The number of ether oxygens (including phenoxy) is 2. The van der Waals surface area contributed by atoms with Crippen molar-refractivity contribution in [2.75, 3.05) is 13.7 Å². The van der Waals surface area contributed by atoms with Crippen LogP contribution in [0, 0.1) is 17.4 Å². The second-order valence-corrected chi connectivity index (χ2v) is 6.59. The zero-order chi connectivity index (χ0) is 16.8. The van der Waals surface area contributed by atoms with Gasteiger partial charge in [-0.2, -0.15) is 0 Å². The highest BCUT2D eigenvalue weighted by molar-refractivity contribution is 14.1. The Hall–Kier alpha value is -1.56. The van der Waals surface area contributed by atoms with E-state index >= 15 is 0 Å². The van der Waals surface area contributed by atoms with Crippen molar-refractivity contribution in [3.8, 4) is 11.5 Å². The van der Waals surface area contributed by atoms with Crippen LogP contribution in [0.15, 0.2) is 35.3 Å². The Bertz CT molecular complexity index is 711. The fourth-order valence-corrected chi connectivity index (χ4v) is 2.94. The molecular weight excluding hydrogens is 401 g/mol. The number of hydrogen-bond acceptors (Lipinski definition) is 3. The molecule has 0 unspecified atom stereocenters. The molecule has 0 N–H and O–H groups in total. The van der Waals surface area contributed by atoms with E-state index in [4.69, 9.17) is 9.47 Å². The van der Waals surface area contributed by atoms with Crippen LogP contribution in [0.4, 0.5) is 5.69 Å². The van der Waals surface area contributed by atoms with E-state index in [0.717, 1.165) is 38.3 Å². The molecule has 0 saturated carbocycles. The highest BCUT2D eigenvalue weighted by Crippen LogP contribution is 2.34. The second kappa shape index (κ2) is 8.34. The summed E-state index contributed by atoms with van der Waals surface area (Å²) in [5.74, 6) is 1.55. The van der Waals surface area contributed by atoms with Gasteiger partial charge < -0.3 is 9.47 Å². The predicted molar refractivity (Wildman–Crippen MR) is 105 cm³/mol. The Morgan fingerprint density at radius 3 is 2.65 bits per heavy atom. The van der Waals surface area contributed by atoms with Gasteiger partial charge in [0.2, 0.25) is 0 Å². The molecular formula is C19H22INO2. The molecule has 0 bridgehead atoms. The number of nitrogens with zero attached hydrogens (tertiary/aromatic N) is 1. The smallest absolute Gasteiger partial charge is 0.174 e. The molecule has 2 aromatic carbocycles. The highest BCUT2D eigenvalue weighted by atomic mass is 127. The standard InChI is InChI=1S/C19H22INO2/c1-5-8-23-19-16(20)10-15(11-18(19)22-4)12-21-17-9-13(2)6-7-14(17)3/h6-7,9-12H,5,8H2,1-4H3. The van der Waals surface area contributed by atoms with Crippen molar-refractivity contribution in [3.63, 3.8) is 0 Å². The molecule has 0 aliphatic heterocycles. The van der Waals surface area contributed by atoms with Crippen molar-refractivity contribution in [2.45, 2.75) is 27.2 Å². The van der Waals surface area contributed by atoms with E-state index in [9.17, 15) is 0 Å². The van der Waals surface area contributed by atoms with Crippen molar-refractivity contribution < 1.29 is 9.47 Å². The minimum Gasteiger partial charge on any atom is -0.493 e. The molecule has 0 atom stereocenters. The number of halogens is 1. The van der Waals surface area contributed by atoms with Crippen LogP contribution in [0.3, 0.4) is 0 Å². The lowest BCUT2D eigenvalue weighted by molar-refractivity contribution is 0.292. The van der Waals surface area contributed by atoms with Gasteiger partial charge in [0.05, 0.1) is 23.0 Å². The van der Waals surface area contributed by atoms with Crippen LogP contribution in [0.5, 0.6) is 11.5 Å². The first-order valence-electron chi connectivity index (χ1n) is 7.66. The second-order valence-electron chi connectivity index (χ2n) is 5.43. The number of benzene rings is 2. The van der Waals surface area contributed by atoms with E-state index in [2.05, 4.69) is 72.6 Å². The lowest BCUT2D eigenvalue weighted by atomic mass is 10.1. The number of aliphatic imine (C=N–C) groups is 1. The van der Waals surface area contributed by atoms with Crippen molar-refractivity contribution in [3.05, 3.63) is 50.6 Å². The molecule has 3 nitrogen and oxygen atoms in total. The third kappa shape index (κ3) is 4.70. The first-order chi connectivity index (χ1) is 11.0. The van der Waals surface area contributed by atoms with E-state index in [1.807, 2.05) is 12.3 Å². The van der Waals surface area contributed by atoms with Crippen LogP contribution in [-0.4, -0.2) is 19.9 Å². The van der Waals surface area contributed by atoms with Gasteiger partial charge in [-0.25, -0.2) is 0 Å². The number of aryl methyl sites for hydroxylation is 2. The third-order valence-electron chi connectivity index (χ3n) is 3.42. The van der Waals surface area contributed by atoms with Gasteiger partial charge in [-0.15, -0.1) is 0 Å². The molecule has 0 saturated heterocycles. The van der Waals surface area contributed by atoms with Crippen LogP contribution < -0.4 is 9.47 Å². The van der Waals surface area contributed by atoms with Gasteiger partial charge in [0, 0.05) is 6.21 Å². The van der Waals surface area contributed by atoms with Crippen LogP contribution >= 0.6 is 22.6 Å². The molecule has 0 aliphatic rings. The van der Waals surface area contributed by atoms with Gasteiger partial charge in [-0.3, -0.25) is 4.99 Å². The molecule has 4 heteroatoms. The van der Waals surface area contributed by atoms with Gasteiger partial charge in [0.1, 0.15) is 0 Å². The zero-order valence-corrected chi connectivity index (χ0v) is 16.2. The van der Waals surface area contributed by atoms with Gasteiger partial charge in [-0.05, 0) is 77.7 Å². The van der Waals surface area contributed by atoms with Crippen molar-refractivity contribution in [1.29, 1.82) is 0 Å². The van der Waals surface area contributed by atoms with E-state index in [1.165, 1.54) is 5.56 Å². The van der Waals surface area contributed by atoms with E-state index < -0.39 is 0 Å². The summed E-state index contributed by atoms with van der Waals surface area (Å²) in [6.07, 6.45) is 2.84. The summed E-state index contributed by atoms with van der Waals surface area (Å²) < 4.78 is 12.3. The highest BCUT2D eigenvalue weighted by Gasteiger charge is 2.10. The predicted octanol–water partition coefficient (Wildman–Crippen LogP) is 5.46. The van der Waals surface area contributed by atoms with Crippen molar-refractivity contribution in [2.24, 2.45) is 4.99 Å². The fourth-order valence-electron chi connectivity index (χ4n) is 2.16. The summed E-state index contributed by atoms with van der Waals surface area (Å²) in [5, 5.41) is 0. The summed E-state index contributed by atoms with van der Waals surface area (Å²) >= 11 is 2.27. The first-order valence-corrected chi connectivity index (χ1v) is 8.74. The SMILES string of the molecule is CCCOc1c(I)cc(C=Nc2cc(C)ccc2C)cc1OC. The molecule has 0 amide bonds. The lowest BCUT2D eigenvalue weighted by Crippen LogP contribution is -2.01. The molecule has 0 fully saturated rings. The molecule has 2 rings (SSSR count). The minimum absolute atomic E-state index is 0.683. The van der Waals surface area contributed by atoms with Gasteiger partial charge in [0.15, 0.2) is 11.5 Å². The minimum atomic E-state index is 0.683. The quantitative estimate of drug-likeness (QED) is 0.457. The molecule has 0 aromatic heterocycles. The summed E-state index contributed by atoms with van der Waals surface area (Å²) in [6.45, 7) is 6.91. The Morgan fingerprint density at radius 1 is 1.17 bits per heavy atom. The summed E-state index contributed by atoms with van der Waals surface area (Å²) in [5.41, 5.74) is 4.36. The Labute approximate surface area is 151 Å². The van der Waals surface area contributed by atoms with E-state index in [1.54, 1.807) is 7.11 Å². The molecule has 2 aromatic rings. The van der Waals surface area contributed by atoms with Crippen LogP contribution in [0.1, 0.15) is 30.0 Å². The van der Waals surface area contributed by atoms with E-state index in [-0.39, 0.29) is 0 Å². The largest absolute Gasteiger partial charge is 0.493 e. The average molecular weight is 423 g/mol. The van der Waals surface area contributed by atoms with Crippen molar-refractivity contribution >= 4 is 34.5 Å². The van der Waals surface area contributed by atoms with Crippen LogP contribution in [0.2, 0.25) is 0 Å². The van der Waals surface area contributed by atoms with Gasteiger partial charge >= 0.3 is 0 Å². The van der Waals surface area contributed by atoms with Crippen molar-refractivity contribution in [1.82, 2.24) is 0 Å². The average Bonchev–Trinajstić information content (AvgIpc) is 2.54. The Morgan fingerprint density at radius 2 is 1.96 bits per heavy atom. The summed E-state index contributed by atoms with van der Waals surface area (Å²) in [4.78, 5) is 4.62. The number of rotatable bonds is 6. The maximum atomic E-state index is 5.78. The molecule has 122 valence electrons. The Kier molecular flexibility index (Phi) is 6.45. The number of methoxy groups -OCH3 is 1. The number of hydrogen-bond donors (Lipinski definition) is 0. The maximum Gasteiger partial charge on any atom is 0.174 e. The summed E-state index contributed by atoms with van der Waals surface area (Å²) in [6, 6.07) is 10.3. The monoisotopic (exact) mass is 423 g/mol. The maximum absolute atomic E-state index is 5.78. The Balaban J connectivity index is 2.31. The van der Waals surface area contributed by atoms with Crippen LogP contribution in [0.25, 0.3) is 0 Å². The molecule has 0 radical (unpaired) electrons.